The van der Waals surface area contributed by atoms with Crippen LogP contribution in [0.4, 0.5) is 0 Å². The highest BCUT2D eigenvalue weighted by Gasteiger charge is 2.06. The van der Waals surface area contributed by atoms with Crippen LogP contribution in [0.2, 0.25) is 0 Å². The molecule has 1 aromatic carbocycles. The van der Waals surface area contributed by atoms with Gasteiger partial charge < -0.3 is 9.84 Å². The Morgan fingerprint density at radius 2 is 2.31 bits per heavy atom. The number of hydrogen-bond donors (Lipinski definition) is 1. The molecule has 0 radical (unpaired) electrons. The van der Waals surface area contributed by atoms with Gasteiger partial charge in [-0.25, -0.2) is 0 Å². The molecule has 1 aromatic heterocycles. The van der Waals surface area contributed by atoms with Crippen LogP contribution in [-0.2, 0) is 6.54 Å². The molecule has 0 aliphatic rings. The Kier molecular flexibility index (Phi) is 3.55. The zero-order valence-electron chi connectivity index (χ0n) is 8.31. The Labute approximate surface area is 106 Å². The van der Waals surface area contributed by atoms with Gasteiger partial charge >= 0.3 is 0 Å². The summed E-state index contributed by atoms with van der Waals surface area (Å²) < 4.78 is 5.91. The van der Waals surface area contributed by atoms with Crippen LogP contribution in [0.1, 0.15) is 16.1 Å². The lowest BCUT2D eigenvalue weighted by molar-refractivity contribution is 0.0947. The Morgan fingerprint density at radius 3 is 3.00 bits per heavy atom. The second-order valence-electron chi connectivity index (χ2n) is 3.17. The van der Waals surface area contributed by atoms with Crippen molar-refractivity contribution < 1.29 is 9.32 Å². The molecule has 2 aromatic rings. The van der Waals surface area contributed by atoms with Gasteiger partial charge in [0.2, 0.25) is 0 Å². The third-order valence-electron chi connectivity index (χ3n) is 2.00. The molecule has 1 amide bonds. The first-order chi connectivity index (χ1) is 7.75. The lowest BCUT2D eigenvalue weighted by atomic mass is 10.2. The van der Waals surface area contributed by atoms with Gasteiger partial charge in [-0.2, -0.15) is 0 Å². The van der Waals surface area contributed by atoms with Crippen molar-refractivity contribution >= 4 is 28.5 Å². The van der Waals surface area contributed by atoms with E-state index in [1.165, 1.54) is 0 Å². The molecule has 0 saturated carbocycles. The Bertz CT molecular complexity index is 482. The summed E-state index contributed by atoms with van der Waals surface area (Å²) in [5.41, 5.74) is 0.645. The highest BCUT2D eigenvalue weighted by molar-refractivity contribution is 14.1. The van der Waals surface area contributed by atoms with Crippen LogP contribution in [0.25, 0.3) is 0 Å². The van der Waals surface area contributed by atoms with E-state index in [2.05, 4.69) is 33.1 Å². The normalized spacial score (nSPS) is 10.1. The maximum atomic E-state index is 11.7. The smallest absolute Gasteiger partial charge is 0.251 e. The van der Waals surface area contributed by atoms with Gasteiger partial charge in [-0.15, -0.1) is 0 Å². The van der Waals surface area contributed by atoms with E-state index in [1.54, 1.807) is 18.3 Å². The number of aromatic nitrogens is 1. The Balaban J connectivity index is 1.98. The molecular weight excluding hydrogens is 319 g/mol. The molecule has 0 spiro atoms. The number of hydrogen-bond acceptors (Lipinski definition) is 3. The molecule has 1 heterocycles. The monoisotopic (exact) mass is 328 g/mol. The molecule has 0 aliphatic carbocycles. The third-order valence-corrected chi connectivity index (χ3v) is 2.67. The first kappa shape index (κ1) is 11.1. The molecule has 0 atom stereocenters. The van der Waals surface area contributed by atoms with Gasteiger partial charge in [0.1, 0.15) is 0 Å². The van der Waals surface area contributed by atoms with E-state index in [0.29, 0.717) is 17.9 Å². The zero-order chi connectivity index (χ0) is 11.4. The summed E-state index contributed by atoms with van der Waals surface area (Å²) in [7, 11) is 0. The van der Waals surface area contributed by atoms with E-state index >= 15 is 0 Å². The second-order valence-corrected chi connectivity index (χ2v) is 4.42. The SMILES string of the molecule is O=C(NCc1ccno1)c1cccc(I)c1. The summed E-state index contributed by atoms with van der Waals surface area (Å²) >= 11 is 2.17. The van der Waals surface area contributed by atoms with E-state index < -0.39 is 0 Å². The second kappa shape index (κ2) is 5.11. The number of halogens is 1. The number of nitrogens with zero attached hydrogens (tertiary/aromatic N) is 1. The summed E-state index contributed by atoms with van der Waals surface area (Å²) in [6.45, 7) is 0.351. The van der Waals surface area contributed by atoms with Crippen LogP contribution in [-0.4, -0.2) is 11.1 Å². The lowest BCUT2D eigenvalue weighted by Gasteiger charge is -2.02. The average Bonchev–Trinajstić information content (AvgIpc) is 2.78. The fraction of sp³-hybridized carbons (Fsp3) is 0.0909. The van der Waals surface area contributed by atoms with Crippen LogP contribution in [0.3, 0.4) is 0 Å². The highest BCUT2D eigenvalue weighted by Crippen LogP contribution is 2.07. The minimum atomic E-state index is -0.116. The predicted molar refractivity (Wildman–Crippen MR) is 66.8 cm³/mol. The molecule has 0 fully saturated rings. The van der Waals surface area contributed by atoms with Gasteiger partial charge in [0, 0.05) is 15.2 Å². The van der Waals surface area contributed by atoms with Crippen molar-refractivity contribution in [3.63, 3.8) is 0 Å². The van der Waals surface area contributed by atoms with E-state index in [0.717, 1.165) is 3.57 Å². The van der Waals surface area contributed by atoms with Crippen molar-refractivity contribution in [3.8, 4) is 0 Å². The first-order valence-electron chi connectivity index (χ1n) is 4.69. The third kappa shape index (κ3) is 2.82. The van der Waals surface area contributed by atoms with Crippen molar-refractivity contribution in [2.45, 2.75) is 6.54 Å². The summed E-state index contributed by atoms with van der Waals surface area (Å²) in [4.78, 5) is 11.7. The molecule has 2 rings (SSSR count). The highest BCUT2D eigenvalue weighted by atomic mass is 127. The number of nitrogens with one attached hydrogen (secondary N) is 1. The maximum absolute atomic E-state index is 11.7. The largest absolute Gasteiger partial charge is 0.360 e. The first-order valence-corrected chi connectivity index (χ1v) is 5.77. The Hall–Kier alpha value is -1.37. The molecule has 0 saturated heterocycles. The molecule has 82 valence electrons. The van der Waals surface area contributed by atoms with E-state index in [-0.39, 0.29) is 5.91 Å². The summed E-state index contributed by atoms with van der Waals surface area (Å²) in [6, 6.07) is 9.11. The van der Waals surface area contributed by atoms with Crippen molar-refractivity contribution in [1.82, 2.24) is 10.5 Å². The van der Waals surface area contributed by atoms with Gasteiger partial charge in [0.05, 0.1) is 12.7 Å². The van der Waals surface area contributed by atoms with Crippen LogP contribution >= 0.6 is 22.6 Å². The van der Waals surface area contributed by atoms with Gasteiger partial charge in [-0.05, 0) is 40.8 Å². The molecule has 5 heteroatoms. The fourth-order valence-corrected chi connectivity index (χ4v) is 1.78. The molecule has 0 unspecified atom stereocenters. The van der Waals surface area contributed by atoms with Crippen LogP contribution in [0.5, 0.6) is 0 Å². The quantitative estimate of drug-likeness (QED) is 0.879. The summed E-state index contributed by atoms with van der Waals surface area (Å²) in [5, 5.41) is 6.31. The van der Waals surface area contributed by atoms with Gasteiger partial charge in [-0.3, -0.25) is 4.79 Å². The van der Waals surface area contributed by atoms with Crippen LogP contribution in [0, 0.1) is 3.57 Å². The van der Waals surface area contributed by atoms with Gasteiger partial charge in [-0.1, -0.05) is 11.2 Å². The van der Waals surface area contributed by atoms with Crippen molar-refractivity contribution in [3.05, 3.63) is 51.4 Å². The minimum absolute atomic E-state index is 0.116. The molecule has 0 aliphatic heterocycles. The van der Waals surface area contributed by atoms with Crippen molar-refractivity contribution in [2.24, 2.45) is 0 Å². The van der Waals surface area contributed by atoms with E-state index in [4.69, 9.17) is 4.52 Å². The van der Waals surface area contributed by atoms with Gasteiger partial charge in [0.15, 0.2) is 5.76 Å². The predicted octanol–water partition coefficient (Wildman–Crippen LogP) is 2.21. The topological polar surface area (TPSA) is 55.1 Å². The van der Waals surface area contributed by atoms with Crippen molar-refractivity contribution in [1.29, 1.82) is 0 Å². The van der Waals surface area contributed by atoms with Crippen LogP contribution in [0.15, 0.2) is 41.1 Å². The summed E-state index contributed by atoms with van der Waals surface area (Å²) in [6.07, 6.45) is 1.55. The minimum Gasteiger partial charge on any atom is -0.360 e. The standard InChI is InChI=1S/C11H9IN2O2/c12-9-3-1-2-8(6-9)11(15)13-7-10-4-5-14-16-10/h1-6H,7H2,(H,13,15). The van der Waals surface area contributed by atoms with Gasteiger partial charge in [0.25, 0.3) is 5.91 Å². The average molecular weight is 328 g/mol. The van der Waals surface area contributed by atoms with Crippen LogP contribution < -0.4 is 5.32 Å². The van der Waals surface area contributed by atoms with Crippen molar-refractivity contribution in [2.75, 3.05) is 0 Å². The molecule has 4 nitrogen and oxygen atoms in total. The van der Waals surface area contributed by atoms with E-state index in [9.17, 15) is 4.79 Å². The number of rotatable bonds is 3. The Morgan fingerprint density at radius 1 is 1.44 bits per heavy atom. The fourth-order valence-electron chi connectivity index (χ4n) is 1.23. The maximum Gasteiger partial charge on any atom is 0.251 e. The molecule has 0 bridgehead atoms. The summed E-state index contributed by atoms with van der Waals surface area (Å²) in [5.74, 6) is 0.522. The lowest BCUT2D eigenvalue weighted by Crippen LogP contribution is -2.22. The zero-order valence-corrected chi connectivity index (χ0v) is 10.5. The number of carbonyl (C=O) groups excluding carboxylic acids is 1. The number of amides is 1. The number of benzene rings is 1. The molecule has 16 heavy (non-hydrogen) atoms. The number of carbonyl (C=O) groups is 1. The molecule has 1 N–H and O–H groups in total. The molecular formula is C11H9IN2O2. The van der Waals surface area contributed by atoms with E-state index in [1.807, 2.05) is 18.2 Å².